The monoisotopic (exact) mass is 970 g/mol. The second-order valence-electron chi connectivity index (χ2n) is 19.6. The summed E-state index contributed by atoms with van der Waals surface area (Å²) in [5, 5.41) is 3.30. The van der Waals surface area contributed by atoms with Crippen molar-refractivity contribution in [3.63, 3.8) is 0 Å². The van der Waals surface area contributed by atoms with E-state index < -0.39 is 0 Å². The van der Waals surface area contributed by atoms with Gasteiger partial charge in [-0.1, -0.05) is 0 Å². The molecule has 7 aromatic rings. The summed E-state index contributed by atoms with van der Waals surface area (Å²) in [4.78, 5) is 38.8. The number of ether oxygens (including phenoxy) is 8. The first-order valence-corrected chi connectivity index (χ1v) is 26.0. The van der Waals surface area contributed by atoms with Gasteiger partial charge in [0.2, 0.25) is 0 Å². The largest absolute Gasteiger partial charge is 0.491 e. The van der Waals surface area contributed by atoms with Crippen LogP contribution in [-0.2, 0) is 18.9 Å². The minimum Gasteiger partial charge on any atom is -0.491 e. The van der Waals surface area contributed by atoms with E-state index in [0.717, 1.165) is 147 Å². The molecule has 16 heteroatoms. The highest BCUT2D eigenvalue weighted by molar-refractivity contribution is 6.07. The molecule has 2 N–H and O–H groups in total. The lowest BCUT2D eigenvalue weighted by atomic mass is 10.1. The number of rotatable bonds is 12. The number of benzene rings is 4. The van der Waals surface area contributed by atoms with Crippen molar-refractivity contribution in [3.05, 3.63) is 72.8 Å². The van der Waals surface area contributed by atoms with Gasteiger partial charge in [-0.05, 0) is 150 Å². The molecule has 370 valence electrons. The zero-order valence-electron chi connectivity index (χ0n) is 40.3. The second-order valence-corrected chi connectivity index (χ2v) is 19.6. The zero-order valence-corrected chi connectivity index (χ0v) is 40.3. The van der Waals surface area contributed by atoms with Gasteiger partial charge < -0.3 is 47.9 Å². The predicted molar refractivity (Wildman–Crippen MR) is 272 cm³/mol. The topological polar surface area (TPSA) is 183 Å². The summed E-state index contributed by atoms with van der Waals surface area (Å²) < 4.78 is 49.7. The average Bonchev–Trinajstić information content (AvgIpc) is 4.16. The normalized spacial score (nSPS) is 21.0. The molecule has 0 amide bonds. The van der Waals surface area contributed by atoms with E-state index in [0.29, 0.717) is 95.3 Å². The van der Waals surface area contributed by atoms with Crippen molar-refractivity contribution >= 4 is 44.1 Å². The maximum atomic E-state index is 6.40. The Morgan fingerprint density at radius 1 is 0.347 bits per heavy atom. The lowest BCUT2D eigenvalue weighted by Gasteiger charge is -2.22. The fraction of sp³-hybridized carbons (Fsp3) is 0.429. The number of aromatic nitrogens is 8. The molecule has 3 aromatic heterocycles. The SMILES string of the molecule is c1cc2c(cc1OCC1CCCCO1)-c1nc-2nc2[nH]c(nc3nc(nc4[nH]c(n1)c1ccc(OCC5CCCCO5)cc41)-c1ccc(OCC4CCCCO4)cc1-3)c1ccc(OCC3CCCCO3)cc21. The van der Waals surface area contributed by atoms with Crippen LogP contribution in [0.15, 0.2) is 72.8 Å². The van der Waals surface area contributed by atoms with E-state index in [9.17, 15) is 0 Å². The van der Waals surface area contributed by atoms with Crippen molar-refractivity contribution in [3.8, 4) is 68.5 Å². The molecule has 4 saturated heterocycles. The first-order chi connectivity index (χ1) is 35.6. The standard InChI is InChI=1S/C56H58N8O8/c1-5-21-65-37(9-1)29-69-33-13-17-41-45(25-33)53-57-49(41)62-54-47-27-35(71-31-39-11-3-7-23-67-39)15-19-43(47)51(59-54)64-56-48-28-36(72-32-40-12-4-8-24-68-40)16-20-44(48)52(60-56)63-55-46-26-34(14-18-42(46)50(58-55)61-53)70-30-38-10-2-6-22-66-38/h13-20,25-28,37-40H,1-12,21-24,29-32H2,(H2,57,58,59,60,61,62,63,64). The van der Waals surface area contributed by atoms with Crippen molar-refractivity contribution < 1.29 is 37.9 Å². The maximum Gasteiger partial charge on any atom is 0.164 e. The third-order valence-electron chi connectivity index (χ3n) is 14.6. The molecule has 4 atom stereocenters. The molecule has 16 nitrogen and oxygen atoms in total. The van der Waals surface area contributed by atoms with Crippen molar-refractivity contribution in [2.75, 3.05) is 52.9 Å². The highest BCUT2D eigenvalue weighted by Gasteiger charge is 2.26. The van der Waals surface area contributed by atoms with Crippen molar-refractivity contribution in [2.24, 2.45) is 0 Å². The lowest BCUT2D eigenvalue weighted by Crippen LogP contribution is -2.25. The fourth-order valence-electron chi connectivity index (χ4n) is 10.6. The van der Waals surface area contributed by atoms with Gasteiger partial charge in [0.25, 0.3) is 0 Å². The number of hydrogen-bond donors (Lipinski definition) is 2. The molecule has 72 heavy (non-hydrogen) atoms. The van der Waals surface area contributed by atoms with Crippen LogP contribution < -0.4 is 18.9 Å². The van der Waals surface area contributed by atoms with Crippen LogP contribution in [-0.4, -0.2) is 117 Å². The second kappa shape index (κ2) is 20.1. The first-order valence-electron chi connectivity index (χ1n) is 26.0. The van der Waals surface area contributed by atoms with Crippen LogP contribution in [0, 0.1) is 0 Å². The quantitative estimate of drug-likeness (QED) is 0.118. The Kier molecular flexibility index (Phi) is 12.6. The van der Waals surface area contributed by atoms with Gasteiger partial charge in [-0.15, -0.1) is 0 Å². The van der Waals surface area contributed by atoms with Crippen molar-refractivity contribution in [1.29, 1.82) is 0 Å². The summed E-state index contributed by atoms with van der Waals surface area (Å²) in [6, 6.07) is 24.0. The minimum atomic E-state index is 0.0488. The van der Waals surface area contributed by atoms with E-state index >= 15 is 0 Å². The third kappa shape index (κ3) is 9.44. The van der Waals surface area contributed by atoms with Crippen LogP contribution in [0.4, 0.5) is 0 Å². The van der Waals surface area contributed by atoms with Crippen LogP contribution >= 0.6 is 0 Å². The molecule has 6 aliphatic heterocycles. The fourth-order valence-corrected chi connectivity index (χ4v) is 10.6. The van der Waals surface area contributed by atoms with E-state index in [2.05, 4.69) is 9.97 Å². The Labute approximate surface area is 416 Å². The van der Waals surface area contributed by atoms with Crippen molar-refractivity contribution in [2.45, 2.75) is 101 Å². The third-order valence-corrected chi connectivity index (χ3v) is 14.6. The molecular formula is C56H58N8O8. The summed E-state index contributed by atoms with van der Waals surface area (Å²) in [6.45, 7) is 4.86. The highest BCUT2D eigenvalue weighted by Crippen LogP contribution is 2.40. The average molecular weight is 971 g/mol. The van der Waals surface area contributed by atoms with E-state index in [1.165, 1.54) is 0 Å². The van der Waals surface area contributed by atoms with Crippen molar-refractivity contribution in [1.82, 2.24) is 39.9 Å². The van der Waals surface area contributed by atoms with Gasteiger partial charge in [0.1, 0.15) is 72.0 Å². The van der Waals surface area contributed by atoms with Gasteiger partial charge >= 0.3 is 0 Å². The summed E-state index contributed by atoms with van der Waals surface area (Å²) in [6.07, 6.45) is 12.9. The van der Waals surface area contributed by atoms with Crippen LogP contribution in [0.2, 0.25) is 0 Å². The molecular weight excluding hydrogens is 913 g/mol. The number of nitrogens with zero attached hydrogens (tertiary/aromatic N) is 6. The van der Waals surface area contributed by atoms with Gasteiger partial charge in [0.15, 0.2) is 23.3 Å². The van der Waals surface area contributed by atoms with Crippen LogP contribution in [0.5, 0.6) is 23.0 Å². The summed E-state index contributed by atoms with van der Waals surface area (Å²) >= 11 is 0. The minimum absolute atomic E-state index is 0.0488. The number of H-pyrrole nitrogens is 2. The van der Waals surface area contributed by atoms with Gasteiger partial charge in [0.05, 0.1) is 24.4 Å². The number of nitrogens with one attached hydrogen (secondary N) is 2. The summed E-state index contributed by atoms with van der Waals surface area (Å²) in [5.41, 5.74) is 5.45. The molecule has 4 aromatic carbocycles. The van der Waals surface area contributed by atoms with Gasteiger partial charge in [-0.25, -0.2) is 29.9 Å². The molecule has 8 bridgehead atoms. The Morgan fingerprint density at radius 2 is 0.667 bits per heavy atom. The van der Waals surface area contributed by atoms with Crippen LogP contribution in [0.25, 0.3) is 89.7 Å². The summed E-state index contributed by atoms with van der Waals surface area (Å²) in [7, 11) is 0. The lowest BCUT2D eigenvalue weighted by molar-refractivity contribution is -0.0111. The summed E-state index contributed by atoms with van der Waals surface area (Å²) in [5.74, 6) is 4.73. The first kappa shape index (κ1) is 45.2. The Hall–Kier alpha value is -6.72. The molecule has 6 aliphatic rings. The van der Waals surface area contributed by atoms with Crippen LogP contribution in [0.1, 0.15) is 77.0 Å². The number of aromatic amines is 2. The predicted octanol–water partition coefficient (Wildman–Crippen LogP) is 10.7. The van der Waals surface area contributed by atoms with Crippen LogP contribution in [0.3, 0.4) is 0 Å². The molecule has 0 radical (unpaired) electrons. The molecule has 4 unspecified atom stereocenters. The number of fused-ring (bicyclic) bond motifs is 20. The van der Waals surface area contributed by atoms with E-state index in [-0.39, 0.29) is 24.4 Å². The molecule has 13 rings (SSSR count). The van der Waals surface area contributed by atoms with Gasteiger partial charge in [-0.3, -0.25) is 0 Å². The zero-order chi connectivity index (χ0) is 47.8. The van der Waals surface area contributed by atoms with Gasteiger partial charge in [0, 0.05) is 70.2 Å². The van der Waals surface area contributed by atoms with E-state index in [1.54, 1.807) is 0 Å². The maximum absolute atomic E-state index is 6.40. The van der Waals surface area contributed by atoms with E-state index in [1.807, 2.05) is 72.8 Å². The molecule has 4 fully saturated rings. The molecule has 9 heterocycles. The highest BCUT2D eigenvalue weighted by atomic mass is 16.5. The Bertz CT molecular complexity index is 3080. The number of hydrogen-bond acceptors (Lipinski definition) is 14. The smallest absolute Gasteiger partial charge is 0.164 e. The van der Waals surface area contributed by atoms with E-state index in [4.69, 9.17) is 67.8 Å². The molecule has 0 saturated carbocycles. The van der Waals surface area contributed by atoms with Gasteiger partial charge in [-0.2, -0.15) is 0 Å². The Morgan fingerprint density at radius 3 is 1.01 bits per heavy atom. The Balaban J connectivity index is 0.991. The molecule has 0 spiro atoms. The molecule has 0 aliphatic carbocycles.